The molecule has 0 unspecified atom stereocenters. The SMILES string of the molecule is CC1(C)N=C(N)O[C@](C)(c2cccc(NC(=O)c3ncc(C#N)cc3Cl)c2F)C1(F)F.Cl. The fourth-order valence-corrected chi connectivity index (χ4v) is 3.55. The molecule has 3 N–H and O–H groups in total. The van der Waals surface area contributed by atoms with E-state index in [1.54, 1.807) is 0 Å². The number of nitrogens with one attached hydrogen (secondary N) is 1. The summed E-state index contributed by atoms with van der Waals surface area (Å²) in [4.78, 5) is 19.9. The summed E-state index contributed by atoms with van der Waals surface area (Å²) < 4.78 is 51.0. The number of ether oxygens (including phenoxy) is 1. The number of nitrogens with two attached hydrogens (primary N) is 1. The summed E-state index contributed by atoms with van der Waals surface area (Å²) in [7, 11) is 0. The number of rotatable bonds is 3. The zero-order valence-corrected chi connectivity index (χ0v) is 18.6. The molecule has 0 fully saturated rings. The third kappa shape index (κ3) is 3.94. The first-order valence-electron chi connectivity index (χ1n) is 8.92. The third-order valence-electron chi connectivity index (χ3n) is 5.01. The highest BCUT2D eigenvalue weighted by Gasteiger charge is 2.66. The molecule has 1 atom stereocenters. The van der Waals surface area contributed by atoms with Gasteiger partial charge >= 0.3 is 5.92 Å². The number of benzene rings is 1. The second-order valence-corrected chi connectivity index (χ2v) is 7.91. The van der Waals surface area contributed by atoms with Crippen LogP contribution in [-0.2, 0) is 10.3 Å². The zero-order valence-electron chi connectivity index (χ0n) is 17.0. The molecule has 7 nitrogen and oxygen atoms in total. The van der Waals surface area contributed by atoms with Crippen LogP contribution in [0.2, 0.25) is 5.02 Å². The van der Waals surface area contributed by atoms with E-state index in [0.29, 0.717) is 0 Å². The molecule has 12 heteroatoms. The summed E-state index contributed by atoms with van der Waals surface area (Å²) in [6, 6.07) is 6.09. The van der Waals surface area contributed by atoms with Crippen LogP contribution in [-0.4, -0.2) is 28.4 Å². The van der Waals surface area contributed by atoms with Gasteiger partial charge in [-0.1, -0.05) is 23.7 Å². The first kappa shape index (κ1) is 25.2. The van der Waals surface area contributed by atoms with Crippen LogP contribution in [0.3, 0.4) is 0 Å². The van der Waals surface area contributed by atoms with Gasteiger partial charge in [-0.05, 0) is 32.9 Å². The minimum absolute atomic E-state index is 0. The van der Waals surface area contributed by atoms with Gasteiger partial charge in [0.05, 0.1) is 16.3 Å². The van der Waals surface area contributed by atoms with Gasteiger partial charge in [-0.3, -0.25) is 4.79 Å². The summed E-state index contributed by atoms with van der Waals surface area (Å²) in [5.74, 6) is -5.70. The normalized spacial score (nSPS) is 20.8. The molecule has 0 saturated heterocycles. The number of amidine groups is 1. The van der Waals surface area contributed by atoms with E-state index in [4.69, 9.17) is 27.3 Å². The quantitative estimate of drug-likeness (QED) is 0.665. The summed E-state index contributed by atoms with van der Waals surface area (Å²) >= 11 is 5.95. The number of anilines is 1. The number of amides is 1. The molecule has 0 saturated carbocycles. The van der Waals surface area contributed by atoms with Gasteiger partial charge in [0.15, 0.2) is 5.82 Å². The molecule has 3 rings (SSSR count). The van der Waals surface area contributed by atoms with Gasteiger partial charge in [0, 0.05) is 11.8 Å². The summed E-state index contributed by atoms with van der Waals surface area (Å²) in [6.07, 6.45) is 1.12. The Morgan fingerprint density at radius 2 is 1.97 bits per heavy atom. The molecule has 1 aromatic heterocycles. The molecule has 32 heavy (non-hydrogen) atoms. The summed E-state index contributed by atoms with van der Waals surface area (Å²) in [5.41, 5.74) is 0.0366. The number of aliphatic imine (C=N–C) groups is 1. The maximum Gasteiger partial charge on any atom is 0.315 e. The van der Waals surface area contributed by atoms with Crippen LogP contribution in [0.25, 0.3) is 0 Å². The highest BCUT2D eigenvalue weighted by Crippen LogP contribution is 2.52. The monoisotopic (exact) mass is 487 g/mol. The van der Waals surface area contributed by atoms with Crippen molar-refractivity contribution >= 4 is 41.6 Å². The van der Waals surface area contributed by atoms with Gasteiger partial charge in [-0.25, -0.2) is 14.4 Å². The average Bonchev–Trinajstić information content (AvgIpc) is 2.67. The van der Waals surface area contributed by atoms with Crippen LogP contribution in [0.1, 0.15) is 42.4 Å². The van der Waals surface area contributed by atoms with E-state index in [-0.39, 0.29) is 28.7 Å². The lowest BCUT2D eigenvalue weighted by atomic mass is 9.78. The molecule has 0 spiro atoms. The van der Waals surface area contributed by atoms with Gasteiger partial charge in [-0.2, -0.15) is 14.0 Å². The molecule has 170 valence electrons. The van der Waals surface area contributed by atoms with Crippen LogP contribution < -0.4 is 11.1 Å². The molecule has 1 aliphatic heterocycles. The van der Waals surface area contributed by atoms with Gasteiger partial charge in [0.25, 0.3) is 11.9 Å². The van der Waals surface area contributed by atoms with Crippen molar-refractivity contribution in [2.24, 2.45) is 10.7 Å². The standard InChI is InChI=1S/C20H17ClF3N5O2.ClH/c1-18(2)20(23,24)19(3,31-17(26)29-18)11-5-4-6-13(14(11)22)28-16(30)15-12(21)7-10(8-25)9-27-15;/h4-7,9H,1-3H3,(H2,26,29)(H,28,30);1H/t19-;/m1./s1. The number of alkyl halides is 2. The van der Waals surface area contributed by atoms with Gasteiger partial charge < -0.3 is 15.8 Å². The second kappa shape index (κ2) is 8.48. The van der Waals surface area contributed by atoms with Crippen molar-refractivity contribution in [3.05, 3.63) is 58.1 Å². The lowest BCUT2D eigenvalue weighted by Crippen LogP contribution is -2.62. The minimum atomic E-state index is -3.66. The predicted molar refractivity (Wildman–Crippen MR) is 115 cm³/mol. The fourth-order valence-electron chi connectivity index (χ4n) is 3.29. The zero-order chi connectivity index (χ0) is 23.2. The maximum absolute atomic E-state index is 15.3. The van der Waals surface area contributed by atoms with Gasteiger partial charge in [-0.15, -0.1) is 12.4 Å². The number of hydrogen-bond donors (Lipinski definition) is 2. The first-order valence-corrected chi connectivity index (χ1v) is 9.30. The number of aromatic nitrogens is 1. The predicted octanol–water partition coefficient (Wildman–Crippen LogP) is 4.39. The van der Waals surface area contributed by atoms with Crippen molar-refractivity contribution in [2.45, 2.75) is 37.8 Å². The number of pyridine rings is 1. The number of carbonyl (C=O) groups excluding carboxylic acids is 1. The second-order valence-electron chi connectivity index (χ2n) is 7.51. The Morgan fingerprint density at radius 1 is 1.31 bits per heavy atom. The first-order chi connectivity index (χ1) is 14.3. The van der Waals surface area contributed by atoms with E-state index in [1.165, 1.54) is 18.2 Å². The number of carbonyl (C=O) groups is 1. The lowest BCUT2D eigenvalue weighted by molar-refractivity contribution is -0.215. The number of halogens is 5. The molecular weight excluding hydrogens is 470 g/mol. The average molecular weight is 488 g/mol. The Kier molecular flexibility index (Phi) is 6.69. The molecule has 2 aromatic rings. The van der Waals surface area contributed by atoms with Crippen LogP contribution in [0.4, 0.5) is 18.9 Å². The maximum atomic E-state index is 15.3. The molecule has 0 bridgehead atoms. The van der Waals surface area contributed by atoms with Gasteiger partial charge in [0.2, 0.25) is 5.60 Å². The van der Waals surface area contributed by atoms with E-state index in [0.717, 1.165) is 33.0 Å². The number of nitriles is 1. The molecule has 1 aromatic carbocycles. The van der Waals surface area contributed by atoms with Gasteiger partial charge in [0.1, 0.15) is 17.3 Å². The molecule has 1 amide bonds. The third-order valence-corrected chi connectivity index (χ3v) is 5.30. The highest BCUT2D eigenvalue weighted by molar-refractivity contribution is 6.34. The topological polar surface area (TPSA) is 113 Å². The van der Waals surface area contributed by atoms with Crippen molar-refractivity contribution in [3.8, 4) is 6.07 Å². The Balaban J connectivity index is 0.00000363. The van der Waals surface area contributed by atoms with Crippen molar-refractivity contribution in [1.82, 2.24) is 4.98 Å². The van der Waals surface area contributed by atoms with Crippen LogP contribution in [0.15, 0.2) is 35.5 Å². The Bertz CT molecular complexity index is 1150. The van der Waals surface area contributed by atoms with Crippen molar-refractivity contribution in [1.29, 1.82) is 5.26 Å². The van der Waals surface area contributed by atoms with Crippen molar-refractivity contribution < 1.29 is 22.7 Å². The van der Waals surface area contributed by atoms with E-state index in [1.807, 2.05) is 6.07 Å². The number of hydrogen-bond acceptors (Lipinski definition) is 6. The Hall–Kier alpha value is -3.03. The van der Waals surface area contributed by atoms with Crippen molar-refractivity contribution in [3.63, 3.8) is 0 Å². The largest absolute Gasteiger partial charge is 0.448 e. The lowest BCUT2D eigenvalue weighted by Gasteiger charge is -2.47. The fraction of sp³-hybridized carbons (Fsp3) is 0.300. The van der Waals surface area contributed by atoms with Crippen LogP contribution in [0.5, 0.6) is 0 Å². The summed E-state index contributed by atoms with van der Waals surface area (Å²) in [6.45, 7) is 3.31. The molecule has 0 aliphatic carbocycles. The van der Waals surface area contributed by atoms with Crippen LogP contribution in [0, 0.1) is 17.1 Å². The molecule has 2 heterocycles. The number of nitrogens with zero attached hydrogens (tertiary/aromatic N) is 3. The molecule has 0 radical (unpaired) electrons. The molecule has 1 aliphatic rings. The van der Waals surface area contributed by atoms with Crippen molar-refractivity contribution in [2.75, 3.05) is 5.32 Å². The van der Waals surface area contributed by atoms with Crippen LogP contribution >= 0.6 is 24.0 Å². The Labute approximate surface area is 192 Å². The van der Waals surface area contributed by atoms with E-state index in [9.17, 15) is 4.79 Å². The molecular formula is C20H18Cl2F3N5O2. The Morgan fingerprint density at radius 3 is 2.56 bits per heavy atom. The minimum Gasteiger partial charge on any atom is -0.448 e. The smallest absolute Gasteiger partial charge is 0.315 e. The van der Waals surface area contributed by atoms with E-state index < -0.39 is 46.1 Å². The van der Waals surface area contributed by atoms with E-state index >= 15 is 13.2 Å². The summed E-state index contributed by atoms with van der Waals surface area (Å²) in [5, 5.41) is 11.0. The van der Waals surface area contributed by atoms with E-state index in [2.05, 4.69) is 15.3 Å². The highest BCUT2D eigenvalue weighted by atomic mass is 35.5.